The van der Waals surface area contributed by atoms with Gasteiger partial charge in [0.1, 0.15) is 18.8 Å². The van der Waals surface area contributed by atoms with Crippen LogP contribution in [0.1, 0.15) is 84.4 Å². The van der Waals surface area contributed by atoms with Gasteiger partial charge < -0.3 is 9.29 Å². The Labute approximate surface area is 176 Å². The van der Waals surface area contributed by atoms with E-state index in [1.54, 1.807) is 0 Å². The summed E-state index contributed by atoms with van der Waals surface area (Å²) >= 11 is 0. The highest BCUT2D eigenvalue weighted by Crippen LogP contribution is 2.06. The van der Waals surface area contributed by atoms with Gasteiger partial charge >= 0.3 is 5.97 Å². The lowest BCUT2D eigenvalue weighted by molar-refractivity contribution is -0.677. The molecule has 0 radical (unpaired) electrons. The highest BCUT2D eigenvalue weighted by atomic mass is 32.3. The average molecular weight is 435 g/mol. The zero-order chi connectivity index (χ0) is 22.1. The molecule has 1 atom stereocenters. The number of H-pyrrole nitrogens is 1. The largest absolute Gasteiger partial charge is 0.726 e. The second kappa shape index (κ2) is 16.4. The number of nitrogens with zero attached hydrogens (tertiary/aromatic N) is 1. The van der Waals surface area contributed by atoms with Gasteiger partial charge in [-0.15, -0.1) is 0 Å². The van der Waals surface area contributed by atoms with Crippen molar-refractivity contribution in [3.05, 3.63) is 18.2 Å². The average Bonchev–Trinajstić information content (AvgIpc) is 3.03. The zero-order valence-corrected chi connectivity index (χ0v) is 19.1. The van der Waals surface area contributed by atoms with E-state index in [9.17, 15) is 17.8 Å². The molecule has 0 aliphatic carbocycles. The van der Waals surface area contributed by atoms with Crippen molar-refractivity contribution in [2.24, 2.45) is 7.05 Å². The summed E-state index contributed by atoms with van der Waals surface area (Å²) in [6, 6.07) is 0. The first-order valence-corrected chi connectivity index (χ1v) is 11.8. The van der Waals surface area contributed by atoms with Crippen LogP contribution in [0, 0.1) is 0 Å². The van der Waals surface area contributed by atoms with Gasteiger partial charge in [0.05, 0.1) is 19.8 Å². The molecule has 0 aliphatic heterocycles. The normalized spacial score (nSPS) is 12.2. The minimum atomic E-state index is -4.47. The van der Waals surface area contributed by atoms with E-state index >= 15 is 0 Å². The summed E-state index contributed by atoms with van der Waals surface area (Å²) in [6.45, 7) is 6.24. The Morgan fingerprint density at radius 3 is 2.31 bits per heavy atom. The number of nitrogens with one attached hydrogen (secondary N) is 1. The first-order valence-electron chi connectivity index (χ1n) is 10.5. The van der Waals surface area contributed by atoms with Crippen molar-refractivity contribution in [1.29, 1.82) is 0 Å². The van der Waals surface area contributed by atoms with Crippen molar-refractivity contribution in [1.82, 2.24) is 4.98 Å². The monoisotopic (exact) mass is 434 g/mol. The summed E-state index contributed by atoms with van der Waals surface area (Å²) in [5, 5.41) is 0. The Kier molecular flexibility index (Phi) is 15.5. The second-order valence-corrected chi connectivity index (χ2v) is 8.19. The standard InChI is InChI=1S/C12H20N2O2.C8H18O4S/c1-4-5-6-10(2)16-12(15)9-11-13-7-8-14(11)3;1-2-3-4-5-6-7-8-12-13(9,10)11/h7-8,10H,4-6,9H2,1-3H3;2-8H2,1H3,(H,9,10,11)/t10-;/m1./s1. The number of carbonyl (C=O) groups is 1. The third kappa shape index (κ3) is 17.1. The fourth-order valence-corrected chi connectivity index (χ4v) is 2.93. The van der Waals surface area contributed by atoms with Crippen LogP contribution in [0.25, 0.3) is 0 Å². The summed E-state index contributed by atoms with van der Waals surface area (Å²) in [5.74, 6) is 0.703. The number of aromatic nitrogens is 2. The quantitative estimate of drug-likeness (QED) is 0.158. The first-order chi connectivity index (χ1) is 13.7. The number of imidazole rings is 1. The van der Waals surface area contributed by atoms with Gasteiger partial charge in [0.2, 0.25) is 10.4 Å². The minimum Gasteiger partial charge on any atom is -0.726 e. The third-order valence-corrected chi connectivity index (χ3v) is 4.76. The molecule has 8 nitrogen and oxygen atoms in total. The number of rotatable bonds is 14. The summed E-state index contributed by atoms with van der Waals surface area (Å²) in [4.78, 5) is 14.6. The lowest BCUT2D eigenvalue weighted by Crippen LogP contribution is -2.32. The number of hydrogen-bond acceptors (Lipinski definition) is 6. The number of hydrogen-bond donors (Lipinski definition) is 1. The maximum atomic E-state index is 11.6. The Bertz CT molecular complexity index is 645. The van der Waals surface area contributed by atoms with Crippen molar-refractivity contribution in [2.45, 2.75) is 91.1 Å². The predicted molar refractivity (Wildman–Crippen MR) is 110 cm³/mol. The number of carbonyl (C=O) groups excluding carboxylic acids is 1. The van der Waals surface area contributed by atoms with E-state index in [2.05, 4.69) is 23.0 Å². The van der Waals surface area contributed by atoms with Gasteiger partial charge in [-0.25, -0.2) is 18.0 Å². The van der Waals surface area contributed by atoms with E-state index in [0.29, 0.717) is 12.8 Å². The Balaban J connectivity index is 0.000000555. The van der Waals surface area contributed by atoms with Crippen molar-refractivity contribution < 1.29 is 31.3 Å². The number of aryl methyl sites for hydroxylation is 1. The summed E-state index contributed by atoms with van der Waals surface area (Å²) in [7, 11) is -2.57. The molecule has 170 valence electrons. The predicted octanol–water partition coefficient (Wildman–Crippen LogP) is 3.33. The highest BCUT2D eigenvalue weighted by molar-refractivity contribution is 7.80. The molecule has 9 heteroatoms. The van der Waals surface area contributed by atoms with Crippen LogP contribution in [0.5, 0.6) is 0 Å². The van der Waals surface area contributed by atoms with Gasteiger partial charge in [-0.3, -0.25) is 8.98 Å². The molecule has 0 aromatic carbocycles. The second-order valence-electron chi connectivity index (χ2n) is 7.14. The fourth-order valence-electron chi connectivity index (χ4n) is 2.61. The van der Waals surface area contributed by atoms with E-state index in [0.717, 1.165) is 37.9 Å². The molecule has 1 aromatic heterocycles. The van der Waals surface area contributed by atoms with Crippen LogP contribution in [-0.4, -0.2) is 36.6 Å². The molecule has 0 unspecified atom stereocenters. The van der Waals surface area contributed by atoms with Crippen LogP contribution in [0.15, 0.2) is 12.4 Å². The lowest BCUT2D eigenvalue weighted by atomic mass is 10.1. The molecule has 0 fully saturated rings. The van der Waals surface area contributed by atoms with Crippen molar-refractivity contribution >= 4 is 16.4 Å². The van der Waals surface area contributed by atoms with Gasteiger partial charge in [-0.1, -0.05) is 58.8 Å². The van der Waals surface area contributed by atoms with Gasteiger partial charge in [-0.2, -0.15) is 0 Å². The van der Waals surface area contributed by atoms with Crippen LogP contribution in [0.4, 0.5) is 0 Å². The van der Waals surface area contributed by atoms with Gasteiger partial charge in [0.25, 0.3) is 5.82 Å². The van der Waals surface area contributed by atoms with Gasteiger partial charge in [0, 0.05) is 0 Å². The van der Waals surface area contributed by atoms with Crippen LogP contribution in [0.3, 0.4) is 0 Å². The summed E-state index contributed by atoms with van der Waals surface area (Å²) < 4.78 is 41.2. The maximum Gasteiger partial charge on any atom is 0.318 e. The SMILES string of the molecule is CCCCCCCCOS(=O)(=O)[O-].CCCC[C@@H](C)OC(=O)Cc1[nH]cc[n+]1C. The Hall–Kier alpha value is -1.45. The van der Waals surface area contributed by atoms with Crippen LogP contribution in [0.2, 0.25) is 0 Å². The maximum absolute atomic E-state index is 11.6. The van der Waals surface area contributed by atoms with Crippen molar-refractivity contribution in [2.75, 3.05) is 6.61 Å². The molecule has 1 rings (SSSR count). The molecule has 0 saturated heterocycles. The van der Waals surface area contributed by atoms with E-state index < -0.39 is 10.4 Å². The minimum absolute atomic E-state index is 0.0210. The smallest absolute Gasteiger partial charge is 0.318 e. The first kappa shape index (κ1) is 27.5. The third-order valence-electron chi connectivity index (χ3n) is 4.31. The van der Waals surface area contributed by atoms with E-state index in [-0.39, 0.29) is 18.7 Å². The molecule has 1 heterocycles. The molecule has 1 N–H and O–H groups in total. The molecule has 1 aromatic rings. The van der Waals surface area contributed by atoms with Crippen molar-refractivity contribution in [3.8, 4) is 0 Å². The number of aromatic amines is 1. The molecule has 29 heavy (non-hydrogen) atoms. The van der Waals surface area contributed by atoms with Crippen LogP contribution in [-0.2, 0) is 37.6 Å². The van der Waals surface area contributed by atoms with E-state index in [1.165, 1.54) is 19.3 Å². The van der Waals surface area contributed by atoms with E-state index in [1.807, 2.05) is 30.9 Å². The zero-order valence-electron chi connectivity index (χ0n) is 18.3. The summed E-state index contributed by atoms with van der Waals surface area (Å²) in [6.07, 6.45) is 13.4. The molecule has 0 bridgehead atoms. The number of esters is 1. The fraction of sp³-hybridized carbons (Fsp3) is 0.800. The number of ether oxygens (including phenoxy) is 1. The van der Waals surface area contributed by atoms with Crippen molar-refractivity contribution in [3.63, 3.8) is 0 Å². The molecular formula is C20H38N2O6S. The van der Waals surface area contributed by atoms with Crippen LogP contribution < -0.4 is 4.57 Å². The van der Waals surface area contributed by atoms with Crippen LogP contribution >= 0.6 is 0 Å². The number of unbranched alkanes of at least 4 members (excludes halogenated alkanes) is 6. The lowest BCUT2D eigenvalue weighted by Gasteiger charge is -2.11. The topological polar surface area (TPSA) is 112 Å². The molecular weight excluding hydrogens is 396 g/mol. The molecule has 0 saturated carbocycles. The Morgan fingerprint density at radius 1 is 1.14 bits per heavy atom. The molecule has 0 aliphatic rings. The van der Waals surface area contributed by atoms with Gasteiger partial charge in [0.15, 0.2) is 0 Å². The van der Waals surface area contributed by atoms with E-state index in [4.69, 9.17) is 4.74 Å². The summed E-state index contributed by atoms with van der Waals surface area (Å²) in [5.41, 5.74) is 0. The molecule has 0 amide bonds. The van der Waals surface area contributed by atoms with Gasteiger partial charge in [-0.05, 0) is 19.8 Å². The molecule has 0 spiro atoms. The highest BCUT2D eigenvalue weighted by Gasteiger charge is 2.16. The Morgan fingerprint density at radius 2 is 1.76 bits per heavy atom.